The van der Waals surface area contributed by atoms with E-state index in [-0.39, 0.29) is 11.3 Å². The van der Waals surface area contributed by atoms with Gasteiger partial charge in [-0.2, -0.15) is 0 Å². The number of carboxylic acids is 1. The highest BCUT2D eigenvalue weighted by molar-refractivity contribution is 6.35. The third kappa shape index (κ3) is 3.54. The average molecular weight is 483 g/mol. The van der Waals surface area contributed by atoms with Gasteiger partial charge in [0.05, 0.1) is 23.0 Å². The van der Waals surface area contributed by atoms with Crippen molar-refractivity contribution < 1.29 is 24.3 Å². The Kier molecular flexibility index (Phi) is 5.32. The lowest BCUT2D eigenvalue weighted by Crippen LogP contribution is -2.37. The SMILES string of the molecule is O=C(O)c1ccc(N2C(=O)[C@@H]3[C@@H](ON(c4ccccc4)[C@H]3c3ccc(Cl)cc3Cl)C2=O)cc1. The first-order valence-electron chi connectivity index (χ1n) is 10.0. The summed E-state index contributed by atoms with van der Waals surface area (Å²) in [4.78, 5) is 45.1. The van der Waals surface area contributed by atoms with Crippen molar-refractivity contribution in [1.82, 2.24) is 0 Å². The van der Waals surface area contributed by atoms with Crippen LogP contribution in [0.15, 0.2) is 72.8 Å². The van der Waals surface area contributed by atoms with E-state index >= 15 is 0 Å². The summed E-state index contributed by atoms with van der Waals surface area (Å²) >= 11 is 12.6. The molecule has 3 aromatic rings. The molecule has 2 amide bonds. The van der Waals surface area contributed by atoms with Gasteiger partial charge in [0.25, 0.3) is 5.91 Å². The molecule has 0 aliphatic carbocycles. The van der Waals surface area contributed by atoms with Crippen molar-refractivity contribution in [3.05, 3.63) is 94.0 Å². The molecular weight excluding hydrogens is 467 g/mol. The summed E-state index contributed by atoms with van der Waals surface area (Å²) in [6.07, 6.45) is -1.06. The van der Waals surface area contributed by atoms with E-state index in [1.807, 2.05) is 30.3 Å². The largest absolute Gasteiger partial charge is 0.478 e. The molecule has 0 unspecified atom stereocenters. The standard InChI is InChI=1S/C24H16Cl2N2O5/c25-14-8-11-17(18(26)12-14)20-19-21(33-28(20)16-4-2-1-3-5-16)23(30)27(22(19)29)15-9-6-13(7-10-15)24(31)32/h1-12,19-21H,(H,31,32)/t19-,20-,21+/m0/s1. The molecule has 9 heteroatoms. The average Bonchev–Trinajstić information content (AvgIpc) is 3.30. The number of aromatic carboxylic acids is 1. The molecule has 0 bridgehead atoms. The maximum atomic E-state index is 13.6. The summed E-state index contributed by atoms with van der Waals surface area (Å²) in [5, 5.41) is 11.5. The van der Waals surface area contributed by atoms with Gasteiger partial charge >= 0.3 is 5.97 Å². The van der Waals surface area contributed by atoms with Crippen LogP contribution in [0.2, 0.25) is 10.0 Å². The van der Waals surface area contributed by atoms with Gasteiger partial charge < -0.3 is 5.11 Å². The van der Waals surface area contributed by atoms with E-state index < -0.39 is 35.8 Å². The van der Waals surface area contributed by atoms with Crippen LogP contribution in [-0.4, -0.2) is 29.0 Å². The lowest BCUT2D eigenvalue weighted by Gasteiger charge is -2.29. The molecule has 1 N–H and O–H groups in total. The van der Waals surface area contributed by atoms with Crippen LogP contribution < -0.4 is 9.96 Å². The van der Waals surface area contributed by atoms with Crippen LogP contribution in [-0.2, 0) is 14.4 Å². The molecule has 2 fully saturated rings. The van der Waals surface area contributed by atoms with E-state index in [2.05, 4.69) is 0 Å². The van der Waals surface area contributed by atoms with E-state index in [9.17, 15) is 14.4 Å². The molecule has 2 heterocycles. The fourth-order valence-electron chi connectivity index (χ4n) is 4.28. The molecule has 5 rings (SSSR count). The summed E-state index contributed by atoms with van der Waals surface area (Å²) in [6, 6.07) is 19.0. The minimum absolute atomic E-state index is 0.0513. The summed E-state index contributed by atoms with van der Waals surface area (Å²) in [5.41, 5.74) is 1.60. The molecule has 3 atom stereocenters. The molecule has 33 heavy (non-hydrogen) atoms. The molecule has 0 radical (unpaired) electrons. The van der Waals surface area contributed by atoms with Gasteiger partial charge in [0.15, 0.2) is 6.10 Å². The number of hydrogen-bond acceptors (Lipinski definition) is 5. The van der Waals surface area contributed by atoms with Gasteiger partial charge in [-0.15, -0.1) is 0 Å². The van der Waals surface area contributed by atoms with Crippen LogP contribution in [0.3, 0.4) is 0 Å². The highest BCUT2D eigenvalue weighted by Gasteiger charge is 2.60. The Morgan fingerprint density at radius 2 is 1.58 bits per heavy atom. The summed E-state index contributed by atoms with van der Waals surface area (Å²) in [6.45, 7) is 0. The van der Waals surface area contributed by atoms with Crippen molar-refractivity contribution in [2.75, 3.05) is 9.96 Å². The van der Waals surface area contributed by atoms with Gasteiger partial charge in [0.2, 0.25) is 5.91 Å². The number of benzene rings is 3. The van der Waals surface area contributed by atoms with Crippen molar-refractivity contribution in [1.29, 1.82) is 0 Å². The van der Waals surface area contributed by atoms with Crippen molar-refractivity contribution in [3.63, 3.8) is 0 Å². The van der Waals surface area contributed by atoms with Crippen LogP contribution in [0.5, 0.6) is 0 Å². The fourth-order valence-corrected chi connectivity index (χ4v) is 4.80. The predicted molar refractivity (Wildman–Crippen MR) is 122 cm³/mol. The number of imide groups is 1. The zero-order valence-corrected chi connectivity index (χ0v) is 18.4. The van der Waals surface area contributed by atoms with Crippen molar-refractivity contribution >= 4 is 52.4 Å². The van der Waals surface area contributed by atoms with Gasteiger partial charge in [0, 0.05) is 10.0 Å². The Hall–Kier alpha value is -3.39. The lowest BCUT2D eigenvalue weighted by molar-refractivity contribution is -0.126. The molecule has 2 aliphatic heterocycles. The van der Waals surface area contributed by atoms with Gasteiger partial charge in [0.1, 0.15) is 5.92 Å². The molecule has 0 saturated carbocycles. The second-order valence-corrected chi connectivity index (χ2v) is 8.53. The minimum atomic E-state index is -1.10. The quantitative estimate of drug-likeness (QED) is 0.540. The minimum Gasteiger partial charge on any atom is -0.478 e. The number of hydrogen-bond donors (Lipinski definition) is 1. The number of para-hydroxylation sites is 1. The van der Waals surface area contributed by atoms with Gasteiger partial charge in [-0.25, -0.2) is 14.8 Å². The summed E-state index contributed by atoms with van der Waals surface area (Å²) in [7, 11) is 0. The summed E-state index contributed by atoms with van der Waals surface area (Å²) in [5.74, 6) is -2.95. The zero-order chi connectivity index (χ0) is 23.3. The first-order valence-corrected chi connectivity index (χ1v) is 10.8. The number of fused-ring (bicyclic) bond motifs is 1. The number of carbonyl (C=O) groups is 3. The molecule has 0 aromatic heterocycles. The first kappa shape index (κ1) is 21.5. The number of anilines is 2. The maximum Gasteiger partial charge on any atom is 0.335 e. The van der Waals surface area contributed by atoms with Gasteiger partial charge in [-0.05, 0) is 54.1 Å². The van der Waals surface area contributed by atoms with Crippen molar-refractivity contribution in [3.8, 4) is 0 Å². The normalized spacial score (nSPS) is 22.1. The third-order valence-corrected chi connectivity index (χ3v) is 6.34. The molecule has 166 valence electrons. The van der Waals surface area contributed by atoms with E-state index in [0.29, 0.717) is 21.3 Å². The van der Waals surface area contributed by atoms with Gasteiger partial charge in [-0.3, -0.25) is 14.4 Å². The van der Waals surface area contributed by atoms with Crippen LogP contribution in [0.4, 0.5) is 11.4 Å². The van der Waals surface area contributed by atoms with Crippen LogP contribution >= 0.6 is 23.2 Å². The molecular formula is C24H16Cl2N2O5. The van der Waals surface area contributed by atoms with E-state index in [1.54, 1.807) is 23.3 Å². The Morgan fingerprint density at radius 3 is 2.21 bits per heavy atom. The lowest BCUT2D eigenvalue weighted by atomic mass is 9.90. The Balaban J connectivity index is 1.58. The zero-order valence-electron chi connectivity index (χ0n) is 16.9. The molecule has 3 aromatic carbocycles. The van der Waals surface area contributed by atoms with Gasteiger partial charge in [-0.1, -0.05) is 47.5 Å². The number of rotatable bonds is 4. The number of hydroxylamine groups is 1. The Bertz CT molecular complexity index is 1270. The van der Waals surface area contributed by atoms with E-state index in [1.165, 1.54) is 24.3 Å². The van der Waals surface area contributed by atoms with Crippen molar-refractivity contribution in [2.45, 2.75) is 12.1 Å². The topological polar surface area (TPSA) is 87.2 Å². The fraction of sp³-hybridized carbons (Fsp3) is 0.125. The highest BCUT2D eigenvalue weighted by atomic mass is 35.5. The number of amides is 2. The van der Waals surface area contributed by atoms with Crippen molar-refractivity contribution in [2.24, 2.45) is 5.92 Å². The first-order chi connectivity index (χ1) is 15.9. The second-order valence-electron chi connectivity index (χ2n) is 7.69. The van der Waals surface area contributed by atoms with E-state index in [0.717, 1.165) is 4.90 Å². The second kappa shape index (κ2) is 8.19. The molecule has 7 nitrogen and oxygen atoms in total. The maximum absolute atomic E-state index is 13.6. The molecule has 2 saturated heterocycles. The smallest absolute Gasteiger partial charge is 0.335 e. The van der Waals surface area contributed by atoms with Crippen LogP contribution in [0.25, 0.3) is 0 Å². The third-order valence-electron chi connectivity index (χ3n) is 5.78. The highest BCUT2D eigenvalue weighted by Crippen LogP contribution is 2.49. The monoisotopic (exact) mass is 482 g/mol. The Labute approximate surface area is 198 Å². The van der Waals surface area contributed by atoms with Crippen LogP contribution in [0.1, 0.15) is 22.0 Å². The molecule has 0 spiro atoms. The number of nitrogens with zero attached hydrogens (tertiary/aromatic N) is 2. The number of carbonyl (C=O) groups excluding carboxylic acids is 2. The molecule has 2 aliphatic rings. The number of carboxylic acid groups (broad SMARTS) is 1. The Morgan fingerprint density at radius 1 is 0.879 bits per heavy atom. The van der Waals surface area contributed by atoms with Crippen LogP contribution in [0, 0.1) is 5.92 Å². The summed E-state index contributed by atoms with van der Waals surface area (Å²) < 4.78 is 0. The van der Waals surface area contributed by atoms with E-state index in [4.69, 9.17) is 33.1 Å². The predicted octanol–water partition coefficient (Wildman–Crippen LogP) is 4.74. The number of halogens is 2.